The monoisotopic (exact) mass is 330 g/mol. The highest BCUT2D eigenvalue weighted by atomic mass is 32.2. The second kappa shape index (κ2) is 8.53. The molecule has 1 N–H and O–H groups in total. The average Bonchev–Trinajstić information content (AvgIpc) is 2.96. The average molecular weight is 330 g/mol. The summed E-state index contributed by atoms with van der Waals surface area (Å²) in [5.41, 5.74) is 0.997. The van der Waals surface area contributed by atoms with Crippen molar-refractivity contribution in [3.05, 3.63) is 43.0 Å². The number of allylic oxidation sites excluding steroid dienone is 1. The zero-order chi connectivity index (χ0) is 16.7. The lowest BCUT2D eigenvalue weighted by Gasteiger charge is -2.12. The zero-order valence-corrected chi connectivity index (χ0v) is 14.3. The molecule has 1 amide bonds. The summed E-state index contributed by atoms with van der Waals surface area (Å²) in [7, 11) is 0. The first-order chi connectivity index (χ1) is 11.2. The number of aromatic nitrogens is 3. The van der Waals surface area contributed by atoms with E-state index >= 15 is 0 Å². The van der Waals surface area contributed by atoms with Crippen molar-refractivity contribution in [2.24, 2.45) is 0 Å². The molecule has 0 fully saturated rings. The SMILES string of the molecule is C=CCn1c(SC(C)C(=O)NCCC)nnc1-c1ccccc1. The fraction of sp³-hybridized carbons (Fsp3) is 0.353. The summed E-state index contributed by atoms with van der Waals surface area (Å²) in [5.74, 6) is 0.806. The Morgan fingerprint density at radius 3 is 2.78 bits per heavy atom. The summed E-state index contributed by atoms with van der Waals surface area (Å²) in [4.78, 5) is 12.0. The number of nitrogens with zero attached hydrogens (tertiary/aromatic N) is 3. The molecule has 0 aliphatic carbocycles. The Morgan fingerprint density at radius 1 is 1.39 bits per heavy atom. The van der Waals surface area contributed by atoms with E-state index < -0.39 is 0 Å². The summed E-state index contributed by atoms with van der Waals surface area (Å²) in [6.45, 7) is 9.01. The van der Waals surface area contributed by atoms with Crippen molar-refractivity contribution in [2.75, 3.05) is 6.54 Å². The Balaban J connectivity index is 2.21. The topological polar surface area (TPSA) is 59.8 Å². The van der Waals surface area contributed by atoms with Crippen LogP contribution < -0.4 is 5.32 Å². The van der Waals surface area contributed by atoms with E-state index in [4.69, 9.17) is 0 Å². The van der Waals surface area contributed by atoms with E-state index in [1.165, 1.54) is 11.8 Å². The van der Waals surface area contributed by atoms with E-state index in [0.29, 0.717) is 13.1 Å². The van der Waals surface area contributed by atoms with Gasteiger partial charge in [0.05, 0.1) is 5.25 Å². The van der Waals surface area contributed by atoms with Gasteiger partial charge in [-0.25, -0.2) is 0 Å². The van der Waals surface area contributed by atoms with Crippen LogP contribution in [0.4, 0.5) is 0 Å². The second-order valence-corrected chi connectivity index (χ2v) is 6.43. The van der Waals surface area contributed by atoms with Gasteiger partial charge in [-0.3, -0.25) is 9.36 Å². The van der Waals surface area contributed by atoms with Gasteiger partial charge in [-0.15, -0.1) is 16.8 Å². The van der Waals surface area contributed by atoms with Gasteiger partial charge in [-0.2, -0.15) is 0 Å². The van der Waals surface area contributed by atoms with Crippen LogP contribution in [0.2, 0.25) is 0 Å². The lowest BCUT2D eigenvalue weighted by atomic mass is 10.2. The molecule has 1 aromatic carbocycles. The van der Waals surface area contributed by atoms with Crippen molar-refractivity contribution in [2.45, 2.75) is 37.2 Å². The number of benzene rings is 1. The molecule has 0 saturated carbocycles. The van der Waals surface area contributed by atoms with Crippen molar-refractivity contribution >= 4 is 17.7 Å². The molecule has 6 heteroatoms. The Kier molecular flexibility index (Phi) is 6.40. The minimum atomic E-state index is -0.224. The molecule has 0 aliphatic heterocycles. The number of amides is 1. The molecule has 23 heavy (non-hydrogen) atoms. The van der Waals surface area contributed by atoms with Gasteiger partial charge in [0.15, 0.2) is 11.0 Å². The van der Waals surface area contributed by atoms with E-state index in [-0.39, 0.29) is 11.2 Å². The first-order valence-corrected chi connectivity index (χ1v) is 8.59. The van der Waals surface area contributed by atoms with Crippen LogP contribution in [0, 0.1) is 0 Å². The maximum absolute atomic E-state index is 12.0. The van der Waals surface area contributed by atoms with Crippen LogP contribution >= 0.6 is 11.8 Å². The summed E-state index contributed by atoms with van der Waals surface area (Å²) in [6, 6.07) is 9.89. The number of carbonyl (C=O) groups excluding carboxylic acids is 1. The molecule has 0 spiro atoms. The lowest BCUT2D eigenvalue weighted by molar-refractivity contribution is -0.120. The minimum absolute atomic E-state index is 0.0197. The number of hydrogen-bond acceptors (Lipinski definition) is 4. The molecule has 2 aromatic rings. The van der Waals surface area contributed by atoms with Gasteiger partial charge in [-0.05, 0) is 13.3 Å². The Bertz CT molecular complexity index is 654. The van der Waals surface area contributed by atoms with Gasteiger partial charge >= 0.3 is 0 Å². The molecule has 0 radical (unpaired) electrons. The number of hydrogen-bond donors (Lipinski definition) is 1. The Hall–Kier alpha value is -2.08. The van der Waals surface area contributed by atoms with Gasteiger partial charge in [0.2, 0.25) is 5.91 Å². The molecular weight excluding hydrogens is 308 g/mol. The van der Waals surface area contributed by atoms with Gasteiger partial charge in [0, 0.05) is 18.7 Å². The molecular formula is C17H22N4OS. The third kappa shape index (κ3) is 4.45. The number of thioether (sulfide) groups is 1. The highest BCUT2D eigenvalue weighted by molar-refractivity contribution is 8.00. The minimum Gasteiger partial charge on any atom is -0.355 e. The van der Waals surface area contributed by atoms with Gasteiger partial charge in [0.1, 0.15) is 0 Å². The molecule has 1 aromatic heterocycles. The molecule has 122 valence electrons. The standard InChI is InChI=1S/C17H22N4OS/c1-4-11-18-16(22)13(3)23-17-20-19-15(21(17)12-5-2)14-9-7-6-8-10-14/h5-10,13H,2,4,11-12H2,1,3H3,(H,18,22). The van der Waals surface area contributed by atoms with Crippen LogP contribution in [-0.2, 0) is 11.3 Å². The summed E-state index contributed by atoms with van der Waals surface area (Å²) in [5, 5.41) is 12.0. The Labute approximate surface area is 141 Å². The van der Waals surface area contributed by atoms with E-state index in [0.717, 1.165) is 23.0 Å². The number of rotatable bonds is 8. The predicted molar refractivity (Wildman–Crippen MR) is 94.3 cm³/mol. The molecule has 1 heterocycles. The fourth-order valence-electron chi connectivity index (χ4n) is 2.07. The van der Waals surface area contributed by atoms with E-state index in [9.17, 15) is 4.79 Å². The van der Waals surface area contributed by atoms with Gasteiger partial charge < -0.3 is 5.32 Å². The quantitative estimate of drug-likeness (QED) is 0.597. The third-order valence-corrected chi connectivity index (χ3v) is 4.34. The zero-order valence-electron chi connectivity index (χ0n) is 13.5. The van der Waals surface area contributed by atoms with Crippen molar-refractivity contribution in [1.82, 2.24) is 20.1 Å². The molecule has 1 unspecified atom stereocenters. The largest absolute Gasteiger partial charge is 0.355 e. The van der Waals surface area contributed by atoms with Gasteiger partial charge in [0.25, 0.3) is 0 Å². The van der Waals surface area contributed by atoms with Crippen molar-refractivity contribution in [3.63, 3.8) is 0 Å². The van der Waals surface area contributed by atoms with Crippen LogP contribution in [0.3, 0.4) is 0 Å². The highest BCUT2D eigenvalue weighted by Crippen LogP contribution is 2.26. The number of carbonyl (C=O) groups is 1. The fourth-order valence-corrected chi connectivity index (χ4v) is 2.96. The highest BCUT2D eigenvalue weighted by Gasteiger charge is 2.19. The lowest BCUT2D eigenvalue weighted by Crippen LogP contribution is -2.31. The molecule has 0 bridgehead atoms. The van der Waals surface area contributed by atoms with Crippen LogP contribution in [0.5, 0.6) is 0 Å². The molecule has 2 rings (SSSR count). The first kappa shape index (κ1) is 17.3. The molecule has 0 aliphatic rings. The van der Waals surface area contributed by atoms with Crippen LogP contribution in [0.15, 0.2) is 48.1 Å². The first-order valence-electron chi connectivity index (χ1n) is 7.71. The molecule has 1 atom stereocenters. The molecule has 0 saturated heterocycles. The third-order valence-electron chi connectivity index (χ3n) is 3.26. The van der Waals surface area contributed by atoms with Crippen molar-refractivity contribution in [1.29, 1.82) is 0 Å². The second-order valence-electron chi connectivity index (χ2n) is 5.12. The normalized spacial score (nSPS) is 11.9. The summed E-state index contributed by atoms with van der Waals surface area (Å²) in [6.07, 6.45) is 2.73. The summed E-state index contributed by atoms with van der Waals surface area (Å²) >= 11 is 1.41. The Morgan fingerprint density at radius 2 is 2.13 bits per heavy atom. The van der Waals surface area contributed by atoms with E-state index in [2.05, 4.69) is 22.1 Å². The summed E-state index contributed by atoms with van der Waals surface area (Å²) < 4.78 is 1.98. The smallest absolute Gasteiger partial charge is 0.233 e. The van der Waals surface area contributed by atoms with Gasteiger partial charge in [-0.1, -0.05) is 55.1 Å². The van der Waals surface area contributed by atoms with Crippen molar-refractivity contribution in [3.8, 4) is 11.4 Å². The van der Waals surface area contributed by atoms with Crippen LogP contribution in [-0.4, -0.2) is 32.5 Å². The molecule has 5 nitrogen and oxygen atoms in total. The van der Waals surface area contributed by atoms with E-state index in [1.807, 2.05) is 54.8 Å². The number of nitrogens with one attached hydrogen (secondary N) is 1. The maximum Gasteiger partial charge on any atom is 0.233 e. The van der Waals surface area contributed by atoms with Crippen molar-refractivity contribution < 1.29 is 4.79 Å². The van der Waals surface area contributed by atoms with Crippen LogP contribution in [0.25, 0.3) is 11.4 Å². The van der Waals surface area contributed by atoms with E-state index in [1.54, 1.807) is 0 Å². The predicted octanol–water partition coefficient (Wildman–Crippen LogP) is 3.14. The van der Waals surface area contributed by atoms with Crippen LogP contribution in [0.1, 0.15) is 20.3 Å². The maximum atomic E-state index is 12.0.